The molecule has 0 aliphatic rings. The molecule has 7 nitrogen and oxygen atoms in total. The third-order valence-corrected chi connectivity index (χ3v) is 7.50. The number of rotatable bonds is 30. The number of hydrogen-bond acceptors (Lipinski definition) is 5. The Bertz CT molecular complexity index is 722. The molecule has 0 heterocycles. The van der Waals surface area contributed by atoms with Gasteiger partial charge in [-0.1, -0.05) is 95.9 Å². The van der Waals surface area contributed by atoms with Gasteiger partial charge in [0.1, 0.15) is 12.1 Å². The summed E-state index contributed by atoms with van der Waals surface area (Å²) in [5.41, 5.74) is 5.44. The number of carboxylic acid groups (broad SMARTS) is 1. The number of amides is 1. The van der Waals surface area contributed by atoms with E-state index in [2.05, 4.69) is 43.5 Å². The monoisotopic (exact) mass is 592 g/mol. The van der Waals surface area contributed by atoms with Gasteiger partial charge in [-0.25, -0.2) is 4.79 Å². The molecule has 0 bridgehead atoms. The first-order chi connectivity index (χ1) is 20.4. The molecule has 0 aromatic rings. The summed E-state index contributed by atoms with van der Waals surface area (Å²) >= 11 is 0. The molecule has 0 aliphatic carbocycles. The topological polar surface area (TPSA) is 119 Å². The van der Waals surface area contributed by atoms with Gasteiger partial charge in [-0.05, 0) is 83.6 Å². The van der Waals surface area contributed by atoms with Crippen LogP contribution in [0.15, 0.2) is 24.3 Å². The first-order valence-corrected chi connectivity index (χ1v) is 17.2. The van der Waals surface area contributed by atoms with Gasteiger partial charge in [0, 0.05) is 12.8 Å². The van der Waals surface area contributed by atoms with Crippen LogP contribution in [0.25, 0.3) is 0 Å². The van der Waals surface area contributed by atoms with E-state index in [1.165, 1.54) is 64.2 Å². The molecular formula is C35H64N2O5. The van der Waals surface area contributed by atoms with Crippen LogP contribution < -0.4 is 11.1 Å². The van der Waals surface area contributed by atoms with E-state index in [0.29, 0.717) is 38.6 Å². The van der Waals surface area contributed by atoms with E-state index < -0.39 is 12.0 Å². The largest absolute Gasteiger partial charge is 0.480 e. The van der Waals surface area contributed by atoms with Crippen LogP contribution in [0.1, 0.15) is 162 Å². The maximum Gasteiger partial charge on any atom is 0.326 e. The van der Waals surface area contributed by atoms with Crippen LogP contribution in [0.2, 0.25) is 0 Å². The molecule has 244 valence electrons. The second-order valence-electron chi connectivity index (χ2n) is 11.6. The molecule has 0 rings (SSSR count). The van der Waals surface area contributed by atoms with Crippen LogP contribution >= 0.6 is 0 Å². The lowest BCUT2D eigenvalue weighted by Gasteiger charge is -2.17. The van der Waals surface area contributed by atoms with Gasteiger partial charge in [-0.2, -0.15) is 0 Å². The quantitative estimate of drug-likeness (QED) is 0.0437. The summed E-state index contributed by atoms with van der Waals surface area (Å²) in [5.74, 6) is -1.35. The predicted octanol–water partition coefficient (Wildman–Crippen LogP) is 8.55. The fourth-order valence-electron chi connectivity index (χ4n) is 4.94. The van der Waals surface area contributed by atoms with E-state index in [0.717, 1.165) is 51.4 Å². The van der Waals surface area contributed by atoms with Crippen LogP contribution in [0.3, 0.4) is 0 Å². The molecule has 4 N–H and O–H groups in total. The maximum absolute atomic E-state index is 12.4. The van der Waals surface area contributed by atoms with Crippen molar-refractivity contribution in [2.24, 2.45) is 5.73 Å². The van der Waals surface area contributed by atoms with Crippen molar-refractivity contribution in [1.29, 1.82) is 0 Å². The number of carbonyl (C=O) groups excluding carboxylic acids is 2. The van der Waals surface area contributed by atoms with Crippen molar-refractivity contribution in [3.63, 3.8) is 0 Å². The number of allylic oxidation sites excluding steroid dienone is 4. The average Bonchev–Trinajstić information content (AvgIpc) is 2.96. The Morgan fingerprint density at radius 3 is 1.90 bits per heavy atom. The van der Waals surface area contributed by atoms with Crippen molar-refractivity contribution < 1.29 is 24.2 Å². The summed E-state index contributed by atoms with van der Waals surface area (Å²) in [6, 6.07) is -0.871. The minimum Gasteiger partial charge on any atom is -0.480 e. The van der Waals surface area contributed by atoms with Gasteiger partial charge < -0.3 is 20.9 Å². The molecular weight excluding hydrogens is 528 g/mol. The number of unbranched alkanes of at least 4 members (excludes halogenated alkanes) is 12. The summed E-state index contributed by atoms with van der Waals surface area (Å²) in [4.78, 5) is 35.7. The zero-order valence-electron chi connectivity index (χ0n) is 27.1. The Labute approximate surface area is 257 Å². The van der Waals surface area contributed by atoms with Gasteiger partial charge in [-0.15, -0.1) is 0 Å². The molecule has 0 aromatic carbocycles. The minimum absolute atomic E-state index is 0.0557. The summed E-state index contributed by atoms with van der Waals surface area (Å²) < 4.78 is 5.76. The number of nitrogens with one attached hydrogen (secondary N) is 1. The molecule has 0 aromatic heterocycles. The van der Waals surface area contributed by atoms with Crippen molar-refractivity contribution >= 4 is 17.8 Å². The summed E-state index contributed by atoms with van der Waals surface area (Å²) in [6.07, 6.45) is 31.5. The average molecular weight is 593 g/mol. The Balaban J connectivity index is 3.81. The van der Waals surface area contributed by atoms with Crippen molar-refractivity contribution in [3.8, 4) is 0 Å². The molecule has 7 heteroatoms. The van der Waals surface area contributed by atoms with Gasteiger partial charge in [0.25, 0.3) is 0 Å². The first kappa shape index (κ1) is 39.8. The predicted molar refractivity (Wildman–Crippen MR) is 174 cm³/mol. The smallest absolute Gasteiger partial charge is 0.326 e. The molecule has 0 fully saturated rings. The number of hydrogen-bond donors (Lipinski definition) is 3. The first-order valence-electron chi connectivity index (χ1n) is 17.2. The lowest BCUT2D eigenvalue weighted by molar-refractivity contribution is -0.150. The highest BCUT2D eigenvalue weighted by Crippen LogP contribution is 2.16. The lowest BCUT2D eigenvalue weighted by atomic mass is 10.0. The third-order valence-electron chi connectivity index (χ3n) is 7.50. The molecule has 2 atom stereocenters. The lowest BCUT2D eigenvalue weighted by Crippen LogP contribution is -2.40. The van der Waals surface area contributed by atoms with Crippen LogP contribution in [0, 0.1) is 0 Å². The van der Waals surface area contributed by atoms with Gasteiger partial charge in [0.05, 0.1) is 0 Å². The van der Waals surface area contributed by atoms with Gasteiger partial charge >= 0.3 is 11.9 Å². The molecule has 2 unspecified atom stereocenters. The maximum atomic E-state index is 12.4. The number of ether oxygens (including phenoxy) is 1. The summed E-state index contributed by atoms with van der Waals surface area (Å²) in [5, 5.41) is 11.8. The Hall–Kier alpha value is -2.15. The van der Waals surface area contributed by atoms with Crippen LogP contribution in [-0.2, 0) is 19.1 Å². The molecule has 0 aliphatic heterocycles. The minimum atomic E-state index is -1.02. The number of esters is 1. The van der Waals surface area contributed by atoms with Gasteiger partial charge in [0.2, 0.25) is 5.91 Å². The third kappa shape index (κ3) is 26.7. The second-order valence-corrected chi connectivity index (χ2v) is 11.6. The Morgan fingerprint density at radius 1 is 0.690 bits per heavy atom. The highest BCUT2D eigenvalue weighted by Gasteiger charge is 2.19. The Kier molecular flexibility index (Phi) is 28.8. The van der Waals surface area contributed by atoms with Crippen molar-refractivity contribution in [2.75, 3.05) is 6.54 Å². The molecule has 0 saturated carbocycles. The van der Waals surface area contributed by atoms with Crippen LogP contribution in [0.5, 0.6) is 0 Å². The van der Waals surface area contributed by atoms with Crippen molar-refractivity contribution in [1.82, 2.24) is 5.32 Å². The van der Waals surface area contributed by atoms with Crippen LogP contribution in [-0.4, -0.2) is 41.6 Å². The number of carboxylic acids is 1. The highest BCUT2D eigenvalue weighted by atomic mass is 16.5. The van der Waals surface area contributed by atoms with E-state index in [1.54, 1.807) is 0 Å². The van der Waals surface area contributed by atoms with Crippen molar-refractivity contribution in [3.05, 3.63) is 24.3 Å². The second kappa shape index (κ2) is 30.3. The fraction of sp³-hybridized carbons (Fsp3) is 0.800. The summed E-state index contributed by atoms with van der Waals surface area (Å²) in [6.45, 7) is 4.74. The van der Waals surface area contributed by atoms with E-state index in [9.17, 15) is 19.5 Å². The molecule has 42 heavy (non-hydrogen) atoms. The zero-order chi connectivity index (χ0) is 31.1. The number of aliphatic carboxylic acids is 1. The van der Waals surface area contributed by atoms with E-state index in [4.69, 9.17) is 10.5 Å². The number of carbonyl (C=O) groups is 3. The van der Waals surface area contributed by atoms with Crippen molar-refractivity contribution in [2.45, 2.75) is 174 Å². The molecule has 0 radical (unpaired) electrons. The normalized spacial score (nSPS) is 13.0. The zero-order valence-corrected chi connectivity index (χ0v) is 27.1. The summed E-state index contributed by atoms with van der Waals surface area (Å²) in [7, 11) is 0. The SMILES string of the molecule is CCCCC/C=C\C/C=C\CCCCCCCCCC(=O)OC(CCC)CCCCCC(=O)NC(CCCN)C(=O)O. The van der Waals surface area contributed by atoms with Crippen LogP contribution in [0.4, 0.5) is 0 Å². The molecule has 0 spiro atoms. The van der Waals surface area contributed by atoms with Gasteiger partial charge in [0.15, 0.2) is 0 Å². The fourth-order valence-corrected chi connectivity index (χ4v) is 4.94. The van der Waals surface area contributed by atoms with E-state index in [-0.39, 0.29) is 18.0 Å². The molecule has 0 saturated heterocycles. The highest BCUT2D eigenvalue weighted by molar-refractivity contribution is 5.83. The van der Waals surface area contributed by atoms with E-state index >= 15 is 0 Å². The van der Waals surface area contributed by atoms with Gasteiger partial charge in [-0.3, -0.25) is 9.59 Å². The number of nitrogens with two attached hydrogens (primary N) is 1. The Morgan fingerprint density at radius 2 is 1.29 bits per heavy atom. The standard InChI is InChI=1S/C35H64N2O5/c1-3-5-6-7-8-9-10-11-12-13-14-15-16-17-18-19-23-29-34(39)42-31(25-4-2)26-21-20-22-28-33(38)37-32(35(40)41)27-24-30-36/h8-9,11-12,31-32H,3-7,10,13-30,36H2,1-2H3,(H,37,38)(H,40,41)/b9-8-,12-11-. The molecule has 1 amide bonds. The van der Waals surface area contributed by atoms with E-state index in [1.807, 2.05) is 0 Å².